The van der Waals surface area contributed by atoms with E-state index in [1.807, 2.05) is 34.5 Å². The third-order valence-electron chi connectivity index (χ3n) is 12.2. The molecule has 0 unspecified atom stereocenters. The largest absolute Gasteiger partial charge is 0.573 e. The average Bonchev–Trinajstić information content (AvgIpc) is 3.37. The molecule has 4 fully saturated rings. The van der Waals surface area contributed by atoms with E-state index in [1.54, 1.807) is 12.1 Å². The fourth-order valence-corrected chi connectivity index (χ4v) is 11.0. The molecule has 1 aromatic carbocycles. The number of halogens is 3. The number of thioether (sulfide) groups is 1. The molecule has 2 bridgehead atoms. The van der Waals surface area contributed by atoms with Crippen LogP contribution in [0.1, 0.15) is 71.8 Å². The second kappa shape index (κ2) is 12.7. The van der Waals surface area contributed by atoms with Crippen molar-refractivity contribution in [1.82, 2.24) is 4.98 Å². The van der Waals surface area contributed by atoms with E-state index in [9.17, 15) is 22.8 Å². The number of aromatic nitrogens is 2. The summed E-state index contributed by atoms with van der Waals surface area (Å²) < 4.78 is 56.9. The Labute approximate surface area is 292 Å². The number of carbonyl (C=O) groups excluding carboxylic acids is 2. The minimum atomic E-state index is -4.72. The molecule has 1 aliphatic heterocycles. The molecule has 8 atom stereocenters. The van der Waals surface area contributed by atoms with Crippen molar-refractivity contribution >= 4 is 34.9 Å². The van der Waals surface area contributed by atoms with Gasteiger partial charge in [0.05, 0.1) is 23.2 Å². The first kappa shape index (κ1) is 34.5. The van der Waals surface area contributed by atoms with Crippen LogP contribution in [0.2, 0.25) is 0 Å². The standard InChI is InChI=1S/C37H42F3N2O5S2/c1-5-36-18-29(34(4)22(2)10-14-35(23(3)32(36)47-36)15-11-28(43)31(34)35)45-30(44)21-49-33-41-27(20-48-33)25-12-16-42(17-13-25)19-24-6-8-26(9-7-24)46-37(38,39)40/h6-9,12-13,16-17,20,22-23,29,31-32H,5,10-11,14-15,18-19,21H2,1-4H3/q+1/t22-,23+,29-,31+,32+,34+,35+,36+/m1/s1. The maximum absolute atomic E-state index is 13.6. The lowest BCUT2D eigenvalue weighted by molar-refractivity contribution is -0.688. The highest BCUT2D eigenvalue weighted by molar-refractivity contribution is 8.01. The van der Waals surface area contributed by atoms with Crippen molar-refractivity contribution in [2.45, 2.75) is 101 Å². The molecule has 49 heavy (non-hydrogen) atoms. The van der Waals surface area contributed by atoms with Crippen molar-refractivity contribution < 1.29 is 41.5 Å². The number of thiazole rings is 1. The van der Waals surface area contributed by atoms with Crippen molar-refractivity contribution in [3.63, 3.8) is 0 Å². The summed E-state index contributed by atoms with van der Waals surface area (Å²) in [5, 5.41) is 1.95. The van der Waals surface area contributed by atoms with Crippen LogP contribution in [-0.4, -0.2) is 46.7 Å². The Bertz CT molecular complexity index is 1720. The number of alkyl halides is 3. The van der Waals surface area contributed by atoms with Gasteiger partial charge in [-0.3, -0.25) is 9.59 Å². The van der Waals surface area contributed by atoms with Crippen LogP contribution >= 0.6 is 23.1 Å². The van der Waals surface area contributed by atoms with E-state index in [-0.39, 0.29) is 46.4 Å². The van der Waals surface area contributed by atoms with Gasteiger partial charge in [-0.1, -0.05) is 39.5 Å². The third-order valence-corrected chi connectivity index (χ3v) is 14.2. The Morgan fingerprint density at radius 2 is 1.88 bits per heavy atom. The molecule has 0 N–H and O–H groups in total. The zero-order chi connectivity index (χ0) is 34.8. The number of ketones is 1. The fourth-order valence-electron chi connectivity index (χ4n) is 9.39. The van der Waals surface area contributed by atoms with E-state index < -0.39 is 17.9 Å². The quantitative estimate of drug-likeness (QED) is 0.0961. The molecule has 262 valence electrons. The highest BCUT2D eigenvalue weighted by atomic mass is 32.2. The molecule has 12 heteroatoms. The lowest BCUT2D eigenvalue weighted by atomic mass is 9.45. The number of carbonyl (C=O) groups is 2. The van der Waals surface area contributed by atoms with Crippen molar-refractivity contribution in [1.29, 1.82) is 0 Å². The third kappa shape index (κ3) is 6.30. The first-order valence-corrected chi connectivity index (χ1v) is 19.0. The van der Waals surface area contributed by atoms with E-state index in [4.69, 9.17) is 14.5 Å². The van der Waals surface area contributed by atoms with Crippen molar-refractivity contribution in [3.05, 3.63) is 59.7 Å². The van der Waals surface area contributed by atoms with Gasteiger partial charge in [-0.15, -0.1) is 24.5 Å². The van der Waals surface area contributed by atoms with Crippen LogP contribution in [0.5, 0.6) is 5.75 Å². The van der Waals surface area contributed by atoms with E-state index in [1.165, 1.54) is 35.2 Å². The van der Waals surface area contributed by atoms with E-state index in [0.717, 1.165) is 46.8 Å². The smallest absolute Gasteiger partial charge is 0.461 e. The zero-order valence-electron chi connectivity index (χ0n) is 28.1. The summed E-state index contributed by atoms with van der Waals surface area (Å²) in [5.41, 5.74) is 1.70. The Morgan fingerprint density at radius 1 is 1.14 bits per heavy atom. The van der Waals surface area contributed by atoms with E-state index in [2.05, 4.69) is 32.4 Å². The van der Waals surface area contributed by atoms with Gasteiger partial charge in [0.2, 0.25) is 0 Å². The van der Waals surface area contributed by atoms with Crippen LogP contribution in [0, 0.1) is 28.6 Å². The summed E-state index contributed by atoms with van der Waals surface area (Å²) in [6.45, 7) is 9.38. The van der Waals surface area contributed by atoms with Gasteiger partial charge < -0.3 is 14.2 Å². The Balaban J connectivity index is 0.995. The number of ether oxygens (including phenoxy) is 3. The van der Waals surface area contributed by atoms with Gasteiger partial charge in [-0.2, -0.15) is 0 Å². The summed E-state index contributed by atoms with van der Waals surface area (Å²) in [6.07, 6.45) is 3.82. The van der Waals surface area contributed by atoms with Crippen LogP contribution in [0.3, 0.4) is 0 Å². The van der Waals surface area contributed by atoms with Crippen LogP contribution in [0.25, 0.3) is 11.3 Å². The molecule has 3 aliphatic carbocycles. The number of benzene rings is 1. The minimum absolute atomic E-state index is 0.0889. The Hall–Kier alpha value is -2.96. The second-order valence-corrected chi connectivity index (χ2v) is 16.7. The average molecular weight is 716 g/mol. The molecule has 0 radical (unpaired) electrons. The molecular weight excluding hydrogens is 674 g/mol. The molecule has 3 heterocycles. The summed E-state index contributed by atoms with van der Waals surface area (Å²) in [4.78, 5) is 31.9. The number of rotatable bonds is 9. The Morgan fingerprint density at radius 3 is 2.57 bits per heavy atom. The monoisotopic (exact) mass is 715 g/mol. The van der Waals surface area contributed by atoms with Crippen LogP contribution < -0.4 is 9.30 Å². The van der Waals surface area contributed by atoms with Crippen molar-refractivity contribution in [3.8, 4) is 17.0 Å². The maximum atomic E-state index is 13.6. The fraction of sp³-hybridized carbons (Fsp3) is 0.568. The predicted octanol–water partition coefficient (Wildman–Crippen LogP) is 8.04. The number of fused-ring (bicyclic) bond motifs is 1. The molecule has 0 amide bonds. The summed E-state index contributed by atoms with van der Waals surface area (Å²) in [6, 6.07) is 9.67. The molecule has 7 rings (SSSR count). The number of Topliss-reactive ketones (excluding diaryl/α,β-unsaturated/α-hetero) is 1. The normalized spacial score (nSPS) is 33.6. The van der Waals surface area contributed by atoms with E-state index in [0.29, 0.717) is 31.1 Å². The summed E-state index contributed by atoms with van der Waals surface area (Å²) in [7, 11) is 0. The van der Waals surface area contributed by atoms with Crippen molar-refractivity contribution in [2.75, 3.05) is 5.75 Å². The second-order valence-electron chi connectivity index (χ2n) is 14.6. The molecular formula is C37H42F3N2O5S2+. The lowest BCUT2D eigenvalue weighted by Gasteiger charge is -2.58. The highest BCUT2D eigenvalue weighted by Crippen LogP contribution is 2.70. The van der Waals surface area contributed by atoms with Gasteiger partial charge in [-0.25, -0.2) is 9.55 Å². The van der Waals surface area contributed by atoms with Crippen LogP contribution in [0.15, 0.2) is 58.5 Å². The molecule has 0 spiro atoms. The molecule has 2 aromatic heterocycles. The molecule has 7 nitrogen and oxygen atoms in total. The molecule has 4 aliphatic rings. The van der Waals surface area contributed by atoms with E-state index >= 15 is 0 Å². The number of epoxide rings is 1. The van der Waals surface area contributed by atoms with Crippen LogP contribution in [-0.2, 0) is 25.6 Å². The topological polar surface area (TPSA) is 81.9 Å². The first-order valence-electron chi connectivity index (χ1n) is 17.1. The molecule has 3 saturated carbocycles. The Kier molecular flexibility index (Phi) is 8.92. The van der Waals surface area contributed by atoms with Gasteiger partial charge in [-0.05, 0) is 67.2 Å². The van der Waals surface area contributed by atoms with Crippen molar-refractivity contribution in [2.24, 2.45) is 28.6 Å². The zero-order valence-corrected chi connectivity index (χ0v) is 29.8. The van der Waals surface area contributed by atoms with Gasteiger partial charge in [0, 0.05) is 52.8 Å². The number of pyridine rings is 1. The number of hydrogen-bond donors (Lipinski definition) is 0. The summed E-state index contributed by atoms with van der Waals surface area (Å²) in [5.74, 6) is 0.344. The highest BCUT2D eigenvalue weighted by Gasteiger charge is 2.73. The van der Waals surface area contributed by atoms with Crippen LogP contribution in [0.4, 0.5) is 13.2 Å². The van der Waals surface area contributed by atoms with Gasteiger partial charge >= 0.3 is 12.3 Å². The molecule has 1 saturated heterocycles. The number of esters is 1. The maximum Gasteiger partial charge on any atom is 0.573 e. The number of nitrogens with zero attached hydrogens (tertiary/aromatic N) is 2. The lowest BCUT2D eigenvalue weighted by Crippen LogP contribution is -2.60. The first-order chi connectivity index (χ1) is 23.3. The van der Waals surface area contributed by atoms with Gasteiger partial charge in [0.25, 0.3) is 0 Å². The number of hydrogen-bond acceptors (Lipinski definition) is 8. The van der Waals surface area contributed by atoms with Gasteiger partial charge in [0.1, 0.15) is 17.6 Å². The summed E-state index contributed by atoms with van der Waals surface area (Å²) >= 11 is 2.83. The minimum Gasteiger partial charge on any atom is -0.461 e. The SMILES string of the molecule is CC[C@]12C[C@@H](OC(=O)CSc3nc(-c4cc[n+](Cc5ccc(OC(F)(F)F)cc5)cc4)cs3)[C@]3(C)[C@H](C)CC[C@]4(CCC(=O)[C@H]43)[C@@H](C)[C@@H]1O2. The predicted molar refractivity (Wildman–Crippen MR) is 179 cm³/mol. The molecule has 3 aromatic rings. The van der Waals surface area contributed by atoms with Gasteiger partial charge in [0.15, 0.2) is 23.3 Å².